The van der Waals surface area contributed by atoms with E-state index < -0.39 is 10.0 Å². The van der Waals surface area contributed by atoms with Crippen LogP contribution in [0.3, 0.4) is 0 Å². The number of sulfonamides is 1. The first kappa shape index (κ1) is 19.6. The Hall–Kier alpha value is -2.11. The van der Waals surface area contributed by atoms with Gasteiger partial charge in [-0.05, 0) is 61.3 Å². The number of nitrogens with one attached hydrogen (secondary N) is 2. The maximum absolute atomic E-state index is 13.2. The number of benzene rings is 2. The predicted molar refractivity (Wildman–Crippen MR) is 112 cm³/mol. The summed E-state index contributed by atoms with van der Waals surface area (Å²) in [5.74, 6) is 0.0400. The Morgan fingerprint density at radius 3 is 2.37 bits per heavy atom. The molecule has 4 nitrogen and oxygen atoms in total. The third-order valence-electron chi connectivity index (χ3n) is 5.33. The number of hydrogen-bond donors (Lipinski definition) is 2. The normalized spacial score (nSPS) is 14.4. The molecule has 1 heterocycles. The van der Waals surface area contributed by atoms with E-state index in [0.29, 0.717) is 11.3 Å². The predicted octanol–water partition coefficient (Wildman–Crippen LogP) is 4.95. The van der Waals surface area contributed by atoms with Gasteiger partial charge in [0.1, 0.15) is 0 Å². The van der Waals surface area contributed by atoms with Crippen molar-refractivity contribution in [3.8, 4) is 0 Å². The number of hydrogen-bond acceptors (Lipinski definition) is 2. The van der Waals surface area contributed by atoms with Crippen LogP contribution in [0.4, 0.5) is 0 Å². The van der Waals surface area contributed by atoms with E-state index in [4.69, 9.17) is 0 Å². The molecule has 0 amide bonds. The van der Waals surface area contributed by atoms with E-state index in [9.17, 15) is 8.42 Å². The van der Waals surface area contributed by atoms with Crippen molar-refractivity contribution < 1.29 is 8.42 Å². The molecule has 3 rings (SSSR count). The summed E-state index contributed by atoms with van der Waals surface area (Å²) in [5.41, 5.74) is 4.85. The van der Waals surface area contributed by atoms with Crippen LogP contribution in [0.15, 0.2) is 47.5 Å². The van der Waals surface area contributed by atoms with Crippen molar-refractivity contribution in [2.24, 2.45) is 0 Å². The zero-order valence-corrected chi connectivity index (χ0v) is 17.4. The van der Waals surface area contributed by atoms with Gasteiger partial charge in [0.2, 0.25) is 10.0 Å². The molecule has 0 bridgehead atoms. The van der Waals surface area contributed by atoms with E-state index in [-0.39, 0.29) is 12.0 Å². The molecule has 144 valence electrons. The van der Waals surface area contributed by atoms with Crippen molar-refractivity contribution in [3.63, 3.8) is 0 Å². The van der Waals surface area contributed by atoms with Crippen molar-refractivity contribution in [2.75, 3.05) is 0 Å². The number of para-hydroxylation sites is 1. The van der Waals surface area contributed by atoms with Gasteiger partial charge in [-0.15, -0.1) is 0 Å². The lowest BCUT2D eigenvalue weighted by molar-refractivity contribution is 0.490. The molecule has 0 fully saturated rings. The number of aromatic nitrogens is 1. The first-order valence-corrected chi connectivity index (χ1v) is 10.9. The molecule has 1 aromatic heterocycles. The lowest BCUT2D eigenvalue weighted by atomic mass is 9.91. The van der Waals surface area contributed by atoms with Crippen LogP contribution in [-0.2, 0) is 10.0 Å². The number of aryl methyl sites for hydroxylation is 3. The summed E-state index contributed by atoms with van der Waals surface area (Å²) in [4.78, 5) is 3.69. The van der Waals surface area contributed by atoms with Gasteiger partial charge in [-0.2, -0.15) is 0 Å². The molecule has 0 aliphatic carbocycles. The molecular formula is C22H28N2O2S. The molecular weight excluding hydrogens is 356 g/mol. The Bertz CT molecular complexity index is 1040. The van der Waals surface area contributed by atoms with Crippen molar-refractivity contribution in [1.29, 1.82) is 0 Å². The van der Waals surface area contributed by atoms with Crippen LogP contribution in [0.2, 0.25) is 0 Å². The maximum atomic E-state index is 13.2. The minimum Gasteiger partial charge on any atom is -0.361 e. The largest absolute Gasteiger partial charge is 0.361 e. The van der Waals surface area contributed by atoms with Crippen LogP contribution in [0.25, 0.3) is 10.9 Å². The van der Waals surface area contributed by atoms with Gasteiger partial charge in [0.05, 0.1) is 4.90 Å². The summed E-state index contributed by atoms with van der Waals surface area (Å²) in [6.07, 6.45) is 2.63. The van der Waals surface area contributed by atoms with E-state index in [0.717, 1.165) is 33.2 Å². The quantitative estimate of drug-likeness (QED) is 0.631. The zero-order chi connectivity index (χ0) is 19.8. The average Bonchev–Trinajstić information content (AvgIpc) is 3.06. The second-order valence-electron chi connectivity index (χ2n) is 7.44. The monoisotopic (exact) mass is 384 g/mol. The second-order valence-corrected chi connectivity index (χ2v) is 9.09. The highest BCUT2D eigenvalue weighted by Crippen LogP contribution is 2.30. The number of aromatic amines is 1. The molecule has 0 radical (unpaired) electrons. The molecule has 2 N–H and O–H groups in total. The molecule has 0 saturated carbocycles. The first-order chi connectivity index (χ1) is 12.7. The van der Waals surface area contributed by atoms with E-state index in [1.807, 2.05) is 58.2 Å². The highest BCUT2D eigenvalue weighted by atomic mass is 32.2. The molecule has 0 aliphatic heterocycles. The molecule has 0 aliphatic rings. The van der Waals surface area contributed by atoms with Crippen molar-refractivity contribution >= 4 is 20.9 Å². The fraction of sp³-hybridized carbons (Fsp3) is 0.364. The highest BCUT2D eigenvalue weighted by Gasteiger charge is 2.27. The van der Waals surface area contributed by atoms with Crippen LogP contribution in [0, 0.1) is 20.8 Å². The lowest BCUT2D eigenvalue weighted by Gasteiger charge is -2.26. The summed E-state index contributed by atoms with van der Waals surface area (Å²) < 4.78 is 29.3. The van der Waals surface area contributed by atoms with Gasteiger partial charge in [0.15, 0.2) is 0 Å². The first-order valence-electron chi connectivity index (χ1n) is 9.40. The summed E-state index contributed by atoms with van der Waals surface area (Å²) >= 11 is 0. The summed E-state index contributed by atoms with van der Waals surface area (Å²) in [5, 5.41) is 1.14. The topological polar surface area (TPSA) is 62.0 Å². The summed E-state index contributed by atoms with van der Waals surface area (Å²) in [7, 11) is -3.60. The van der Waals surface area contributed by atoms with Gasteiger partial charge < -0.3 is 4.98 Å². The van der Waals surface area contributed by atoms with E-state index in [1.54, 1.807) is 0 Å². The molecule has 0 spiro atoms. The van der Waals surface area contributed by atoms with Crippen LogP contribution in [0.1, 0.15) is 48.4 Å². The Balaban J connectivity index is 1.96. The Labute approximate surface area is 162 Å². The van der Waals surface area contributed by atoms with E-state index in [2.05, 4.69) is 28.8 Å². The number of rotatable bonds is 6. The van der Waals surface area contributed by atoms with Crippen molar-refractivity contribution in [3.05, 3.63) is 64.8 Å². The second kappa shape index (κ2) is 7.49. The summed E-state index contributed by atoms with van der Waals surface area (Å²) in [6, 6.07) is 11.9. The molecule has 1 unspecified atom stereocenters. The average molecular weight is 385 g/mol. The highest BCUT2D eigenvalue weighted by molar-refractivity contribution is 7.89. The van der Waals surface area contributed by atoms with Gasteiger partial charge in [-0.3, -0.25) is 0 Å². The smallest absolute Gasteiger partial charge is 0.241 e. The fourth-order valence-corrected chi connectivity index (χ4v) is 5.95. The van der Waals surface area contributed by atoms with Gasteiger partial charge >= 0.3 is 0 Å². The zero-order valence-electron chi connectivity index (χ0n) is 16.6. The van der Waals surface area contributed by atoms with Crippen LogP contribution in [-0.4, -0.2) is 19.4 Å². The summed E-state index contributed by atoms with van der Waals surface area (Å²) in [6.45, 7) is 9.81. The van der Waals surface area contributed by atoms with Crippen LogP contribution >= 0.6 is 0 Å². The number of fused-ring (bicyclic) bond motifs is 1. The van der Waals surface area contributed by atoms with Crippen LogP contribution in [0.5, 0.6) is 0 Å². The van der Waals surface area contributed by atoms with E-state index >= 15 is 0 Å². The Morgan fingerprint density at radius 1 is 1.07 bits per heavy atom. The molecule has 27 heavy (non-hydrogen) atoms. The van der Waals surface area contributed by atoms with Crippen molar-refractivity contribution in [2.45, 2.75) is 57.9 Å². The Kier molecular flexibility index (Phi) is 5.45. The van der Waals surface area contributed by atoms with Gasteiger partial charge in [0, 0.05) is 17.8 Å². The van der Waals surface area contributed by atoms with Gasteiger partial charge in [-0.1, -0.05) is 49.7 Å². The SMILES string of the molecule is CCC(NS(=O)(=O)c1c(C)cc(C)cc1C)[C@@H](C)c1cccc2cc[nH]c12. The molecule has 0 saturated heterocycles. The van der Waals surface area contributed by atoms with Crippen LogP contribution < -0.4 is 4.72 Å². The minimum atomic E-state index is -3.60. The molecule has 5 heteroatoms. The fourth-order valence-electron chi connectivity index (χ4n) is 4.09. The third kappa shape index (κ3) is 3.80. The minimum absolute atomic E-state index is 0.0400. The third-order valence-corrected chi connectivity index (χ3v) is 7.13. The van der Waals surface area contributed by atoms with E-state index in [1.165, 1.54) is 0 Å². The maximum Gasteiger partial charge on any atom is 0.241 e. The standard InChI is InChI=1S/C22H28N2O2S/c1-6-20(17(5)19-9-7-8-18-10-11-23-21(18)19)24-27(25,26)22-15(3)12-14(2)13-16(22)4/h7-13,17,20,23-24H,6H2,1-5H3/t17-,20?/m0/s1. The molecule has 2 atom stereocenters. The van der Waals surface area contributed by atoms with Crippen molar-refractivity contribution in [1.82, 2.24) is 9.71 Å². The Morgan fingerprint density at radius 2 is 1.74 bits per heavy atom. The molecule has 2 aromatic carbocycles. The van der Waals surface area contributed by atoms with Gasteiger partial charge in [0.25, 0.3) is 0 Å². The van der Waals surface area contributed by atoms with Gasteiger partial charge in [-0.25, -0.2) is 13.1 Å². The number of H-pyrrole nitrogens is 1. The molecule has 3 aromatic rings. The lowest BCUT2D eigenvalue weighted by Crippen LogP contribution is -2.38.